The first-order valence-electron chi connectivity index (χ1n) is 7.20. The molecule has 2 unspecified atom stereocenters. The second-order valence-electron chi connectivity index (χ2n) is 5.67. The molecule has 4 nitrogen and oxygen atoms in total. The van der Waals surface area contributed by atoms with Gasteiger partial charge < -0.3 is 9.80 Å². The Morgan fingerprint density at radius 2 is 2.15 bits per heavy atom. The van der Waals surface area contributed by atoms with Gasteiger partial charge in [-0.2, -0.15) is 0 Å². The second-order valence-corrected chi connectivity index (χ2v) is 6.77. The van der Waals surface area contributed by atoms with Gasteiger partial charge in [0.1, 0.15) is 12.1 Å². The topological polar surface area (TPSA) is 40.6 Å². The van der Waals surface area contributed by atoms with Gasteiger partial charge in [0.25, 0.3) is 0 Å². The molecule has 0 radical (unpaired) electrons. The number of amides is 2. The molecule has 0 aromatic heterocycles. The Bertz CT molecular complexity index is 430. The monoisotopic (exact) mass is 294 g/mol. The van der Waals surface area contributed by atoms with Crippen LogP contribution in [0.4, 0.5) is 0 Å². The van der Waals surface area contributed by atoms with Crippen molar-refractivity contribution in [2.45, 2.75) is 38.8 Å². The van der Waals surface area contributed by atoms with Crippen LogP contribution in [0, 0.1) is 18.3 Å². The lowest BCUT2D eigenvalue weighted by Crippen LogP contribution is -2.64. The van der Waals surface area contributed by atoms with Crippen LogP contribution in [0.25, 0.3) is 0 Å². The van der Waals surface area contributed by atoms with Crippen molar-refractivity contribution < 1.29 is 9.59 Å². The number of fused-ring (bicyclic) bond motifs is 1. The lowest BCUT2D eigenvalue weighted by molar-refractivity contribution is -0.161. The number of terminal acetylenes is 1. The molecule has 2 amide bonds. The molecule has 2 atom stereocenters. The molecule has 0 spiro atoms. The van der Waals surface area contributed by atoms with Crippen LogP contribution < -0.4 is 0 Å². The number of rotatable bonds is 5. The minimum atomic E-state index is -0.303. The van der Waals surface area contributed by atoms with Crippen LogP contribution in [0.3, 0.4) is 0 Å². The molecule has 110 valence electrons. The van der Waals surface area contributed by atoms with Crippen LogP contribution in [-0.2, 0) is 9.59 Å². The first-order chi connectivity index (χ1) is 9.57. The standard InChI is InChI=1S/C15H22N2O2S/c1-4-9-20-10-8-17-13(11(2)3)15(19)16-7-5-6-12(16)14(17)18/h1,11-13H,5-10H2,2-3H3. The zero-order valence-corrected chi connectivity index (χ0v) is 13.0. The molecule has 2 aliphatic rings. The predicted octanol–water partition coefficient (Wildman–Crippen LogP) is 1.21. The van der Waals surface area contributed by atoms with E-state index in [-0.39, 0.29) is 29.8 Å². The van der Waals surface area contributed by atoms with Crippen molar-refractivity contribution in [3.63, 3.8) is 0 Å². The number of carbonyl (C=O) groups is 2. The average molecular weight is 294 g/mol. The van der Waals surface area contributed by atoms with Gasteiger partial charge in [0.2, 0.25) is 11.8 Å². The molecule has 2 aliphatic heterocycles. The van der Waals surface area contributed by atoms with E-state index in [0.29, 0.717) is 12.3 Å². The van der Waals surface area contributed by atoms with Crippen LogP contribution >= 0.6 is 11.8 Å². The molecule has 0 aromatic carbocycles. The SMILES string of the molecule is C#CCSCCN1C(=O)C2CCCN2C(=O)C1C(C)C. The highest BCUT2D eigenvalue weighted by atomic mass is 32.2. The quantitative estimate of drug-likeness (QED) is 0.565. The molecule has 0 bridgehead atoms. The van der Waals surface area contributed by atoms with Crippen molar-refractivity contribution in [2.75, 3.05) is 24.6 Å². The number of hydrogen-bond acceptors (Lipinski definition) is 3. The van der Waals surface area contributed by atoms with Crippen molar-refractivity contribution in [2.24, 2.45) is 5.92 Å². The first-order valence-corrected chi connectivity index (χ1v) is 8.35. The van der Waals surface area contributed by atoms with Crippen LogP contribution in [0.1, 0.15) is 26.7 Å². The van der Waals surface area contributed by atoms with Gasteiger partial charge in [-0.15, -0.1) is 18.2 Å². The van der Waals surface area contributed by atoms with Gasteiger partial charge in [-0.25, -0.2) is 0 Å². The summed E-state index contributed by atoms with van der Waals surface area (Å²) in [5, 5.41) is 0. The summed E-state index contributed by atoms with van der Waals surface area (Å²) < 4.78 is 0. The highest BCUT2D eigenvalue weighted by molar-refractivity contribution is 7.99. The van der Waals surface area contributed by atoms with Crippen molar-refractivity contribution in [1.29, 1.82) is 0 Å². The van der Waals surface area contributed by atoms with Crippen molar-refractivity contribution in [1.82, 2.24) is 9.80 Å². The Kier molecular flexibility index (Phi) is 4.98. The second kappa shape index (κ2) is 6.53. The number of piperazine rings is 1. The highest BCUT2D eigenvalue weighted by Crippen LogP contribution is 2.29. The number of hydrogen-bond donors (Lipinski definition) is 0. The van der Waals surface area contributed by atoms with Gasteiger partial charge in [-0.3, -0.25) is 9.59 Å². The van der Waals surface area contributed by atoms with E-state index in [1.807, 2.05) is 13.8 Å². The summed E-state index contributed by atoms with van der Waals surface area (Å²) in [4.78, 5) is 28.8. The Hall–Kier alpha value is -1.15. The fourth-order valence-corrected chi connectivity index (χ4v) is 3.70. The van der Waals surface area contributed by atoms with Crippen LogP contribution in [-0.4, -0.2) is 58.3 Å². The summed E-state index contributed by atoms with van der Waals surface area (Å²) in [6.45, 7) is 5.36. The van der Waals surface area contributed by atoms with Gasteiger partial charge in [-0.05, 0) is 18.8 Å². The van der Waals surface area contributed by atoms with Crippen LogP contribution in [0.15, 0.2) is 0 Å². The maximum Gasteiger partial charge on any atom is 0.246 e. The van der Waals surface area contributed by atoms with Crippen LogP contribution in [0.5, 0.6) is 0 Å². The molecule has 5 heteroatoms. The van der Waals surface area contributed by atoms with E-state index in [2.05, 4.69) is 5.92 Å². The summed E-state index contributed by atoms with van der Waals surface area (Å²) in [5.41, 5.74) is 0. The Morgan fingerprint density at radius 1 is 1.40 bits per heavy atom. The lowest BCUT2D eigenvalue weighted by Gasteiger charge is -2.44. The third-order valence-electron chi connectivity index (χ3n) is 3.99. The lowest BCUT2D eigenvalue weighted by atomic mass is 9.96. The van der Waals surface area contributed by atoms with Crippen molar-refractivity contribution in [3.8, 4) is 12.3 Å². The molecular weight excluding hydrogens is 272 g/mol. The first kappa shape index (κ1) is 15.2. The smallest absolute Gasteiger partial charge is 0.246 e. The maximum absolute atomic E-state index is 12.6. The zero-order valence-electron chi connectivity index (χ0n) is 12.2. The molecule has 0 saturated carbocycles. The largest absolute Gasteiger partial charge is 0.329 e. The van der Waals surface area contributed by atoms with Gasteiger partial charge in [0.15, 0.2) is 0 Å². The Morgan fingerprint density at radius 3 is 2.80 bits per heavy atom. The van der Waals surface area contributed by atoms with E-state index in [9.17, 15) is 9.59 Å². The summed E-state index contributed by atoms with van der Waals surface area (Å²) in [6, 6.07) is -0.515. The molecule has 0 aliphatic carbocycles. The van der Waals surface area contributed by atoms with E-state index in [0.717, 1.165) is 25.1 Å². The molecule has 2 rings (SSSR count). The third-order valence-corrected chi connectivity index (χ3v) is 4.83. The zero-order chi connectivity index (χ0) is 14.7. The Balaban J connectivity index is 2.11. The molecular formula is C15H22N2O2S. The Labute approximate surface area is 125 Å². The minimum absolute atomic E-state index is 0.127. The fraction of sp³-hybridized carbons (Fsp3) is 0.733. The van der Waals surface area contributed by atoms with Gasteiger partial charge in [0.05, 0.1) is 5.75 Å². The van der Waals surface area contributed by atoms with E-state index in [1.165, 1.54) is 0 Å². The third kappa shape index (κ3) is 2.80. The van der Waals surface area contributed by atoms with Crippen LogP contribution in [0.2, 0.25) is 0 Å². The van der Waals surface area contributed by atoms with Gasteiger partial charge in [-0.1, -0.05) is 19.8 Å². The number of thioether (sulfide) groups is 1. The number of carbonyl (C=O) groups excluding carboxylic acids is 2. The maximum atomic E-state index is 12.6. The fourth-order valence-electron chi connectivity index (χ4n) is 3.11. The molecule has 0 aromatic rings. The predicted molar refractivity (Wildman–Crippen MR) is 81.2 cm³/mol. The minimum Gasteiger partial charge on any atom is -0.329 e. The summed E-state index contributed by atoms with van der Waals surface area (Å²) in [7, 11) is 0. The summed E-state index contributed by atoms with van der Waals surface area (Å²) in [6.07, 6.45) is 6.98. The van der Waals surface area contributed by atoms with Crippen molar-refractivity contribution in [3.05, 3.63) is 0 Å². The highest BCUT2D eigenvalue weighted by Gasteiger charge is 2.48. The average Bonchev–Trinajstić information content (AvgIpc) is 2.89. The molecule has 20 heavy (non-hydrogen) atoms. The van der Waals surface area contributed by atoms with E-state index in [1.54, 1.807) is 21.6 Å². The van der Waals surface area contributed by atoms with Gasteiger partial charge in [0, 0.05) is 18.8 Å². The van der Waals surface area contributed by atoms with Crippen molar-refractivity contribution >= 4 is 23.6 Å². The van der Waals surface area contributed by atoms with E-state index in [4.69, 9.17) is 6.42 Å². The number of nitrogens with zero attached hydrogens (tertiary/aromatic N) is 2. The molecule has 0 N–H and O–H groups in total. The van der Waals surface area contributed by atoms with E-state index < -0.39 is 0 Å². The van der Waals surface area contributed by atoms with Gasteiger partial charge >= 0.3 is 0 Å². The normalized spacial score (nSPS) is 26.1. The summed E-state index contributed by atoms with van der Waals surface area (Å²) >= 11 is 1.63. The molecule has 2 fully saturated rings. The molecule has 2 heterocycles. The molecule has 2 saturated heterocycles. The summed E-state index contributed by atoms with van der Waals surface area (Å²) in [5.74, 6) is 4.42. The van der Waals surface area contributed by atoms with E-state index >= 15 is 0 Å².